The second kappa shape index (κ2) is 6.95. The third-order valence-corrected chi connectivity index (χ3v) is 3.64. The Bertz CT molecular complexity index is 507. The second-order valence-corrected chi connectivity index (χ2v) is 5.79. The van der Waals surface area contributed by atoms with Crippen molar-refractivity contribution in [3.63, 3.8) is 0 Å². The van der Waals surface area contributed by atoms with Crippen molar-refractivity contribution in [1.29, 1.82) is 0 Å². The van der Waals surface area contributed by atoms with E-state index in [1.54, 1.807) is 19.1 Å². The lowest BCUT2D eigenvalue weighted by Gasteiger charge is -2.21. The summed E-state index contributed by atoms with van der Waals surface area (Å²) >= 11 is 12.0. The Labute approximate surface area is 128 Å². The van der Waals surface area contributed by atoms with E-state index in [9.17, 15) is 9.59 Å². The van der Waals surface area contributed by atoms with Gasteiger partial charge in [-0.1, -0.05) is 37.0 Å². The number of carbonyl (C=O) groups excluding carboxylic acids is 2. The van der Waals surface area contributed by atoms with Crippen molar-refractivity contribution in [2.45, 2.75) is 33.7 Å². The summed E-state index contributed by atoms with van der Waals surface area (Å²) in [6.45, 7) is 6.89. The fourth-order valence-corrected chi connectivity index (χ4v) is 2.18. The molecule has 1 atom stereocenters. The highest BCUT2D eigenvalue weighted by molar-refractivity contribution is 6.36. The normalized spacial score (nSPS) is 12.2. The molecule has 2 N–H and O–H groups in total. The third kappa shape index (κ3) is 4.39. The Morgan fingerprint density at radius 1 is 1.15 bits per heavy atom. The van der Waals surface area contributed by atoms with Gasteiger partial charge in [-0.25, -0.2) is 0 Å². The molecular weight excluding hydrogens is 299 g/mol. The van der Waals surface area contributed by atoms with Crippen LogP contribution in [-0.2, 0) is 9.59 Å². The van der Waals surface area contributed by atoms with Crippen molar-refractivity contribution in [2.75, 3.05) is 5.32 Å². The topological polar surface area (TPSA) is 58.2 Å². The minimum Gasteiger partial charge on any atom is -0.344 e. The summed E-state index contributed by atoms with van der Waals surface area (Å²) in [6, 6.07) is 2.66. The summed E-state index contributed by atoms with van der Waals surface area (Å²) in [5, 5.41) is 6.30. The van der Waals surface area contributed by atoms with E-state index in [0.717, 1.165) is 5.56 Å². The van der Waals surface area contributed by atoms with Crippen LogP contribution in [0.5, 0.6) is 0 Å². The molecule has 1 rings (SSSR count). The summed E-state index contributed by atoms with van der Waals surface area (Å²) < 4.78 is 0. The highest BCUT2D eigenvalue weighted by Gasteiger charge is 2.23. The number of halogens is 2. The van der Waals surface area contributed by atoms with Gasteiger partial charge in [0.1, 0.15) is 6.04 Å². The van der Waals surface area contributed by atoms with Gasteiger partial charge in [-0.2, -0.15) is 0 Å². The van der Waals surface area contributed by atoms with Crippen LogP contribution in [0.15, 0.2) is 12.1 Å². The van der Waals surface area contributed by atoms with E-state index in [1.165, 1.54) is 6.92 Å². The van der Waals surface area contributed by atoms with E-state index in [4.69, 9.17) is 23.2 Å². The number of amides is 2. The number of hydrogen-bond acceptors (Lipinski definition) is 2. The molecule has 0 bridgehead atoms. The predicted molar refractivity (Wildman–Crippen MR) is 82.3 cm³/mol. The Hall–Kier alpha value is -1.26. The van der Waals surface area contributed by atoms with Gasteiger partial charge in [0.15, 0.2) is 0 Å². The van der Waals surface area contributed by atoms with Gasteiger partial charge < -0.3 is 10.6 Å². The lowest BCUT2D eigenvalue weighted by Crippen LogP contribution is -2.46. The zero-order valence-electron chi connectivity index (χ0n) is 11.9. The average Bonchev–Trinajstić information content (AvgIpc) is 2.32. The largest absolute Gasteiger partial charge is 0.344 e. The lowest BCUT2D eigenvalue weighted by molar-refractivity contribution is -0.126. The molecule has 0 aliphatic rings. The molecule has 0 saturated heterocycles. The maximum absolute atomic E-state index is 12.2. The van der Waals surface area contributed by atoms with Gasteiger partial charge >= 0.3 is 0 Å². The first-order valence-corrected chi connectivity index (χ1v) is 7.01. The number of hydrogen-bond donors (Lipinski definition) is 2. The van der Waals surface area contributed by atoms with E-state index >= 15 is 0 Å². The van der Waals surface area contributed by atoms with Gasteiger partial charge in [0, 0.05) is 22.7 Å². The highest BCUT2D eigenvalue weighted by Crippen LogP contribution is 2.28. The fraction of sp³-hybridized carbons (Fsp3) is 0.429. The molecule has 0 aliphatic heterocycles. The molecule has 2 amide bonds. The second-order valence-electron chi connectivity index (χ2n) is 4.98. The number of nitrogens with one attached hydrogen (secondary N) is 2. The Kier molecular flexibility index (Phi) is 5.84. The van der Waals surface area contributed by atoms with Crippen LogP contribution in [0.25, 0.3) is 0 Å². The van der Waals surface area contributed by atoms with Crippen LogP contribution < -0.4 is 10.6 Å². The smallest absolute Gasteiger partial charge is 0.247 e. The van der Waals surface area contributed by atoms with Gasteiger partial charge in [0.25, 0.3) is 0 Å². The molecule has 0 aliphatic carbocycles. The van der Waals surface area contributed by atoms with Crippen molar-refractivity contribution in [2.24, 2.45) is 5.92 Å². The van der Waals surface area contributed by atoms with E-state index in [1.807, 2.05) is 13.8 Å². The molecule has 0 saturated carbocycles. The van der Waals surface area contributed by atoms with E-state index < -0.39 is 6.04 Å². The first kappa shape index (κ1) is 16.8. The molecule has 0 radical (unpaired) electrons. The molecule has 0 spiro atoms. The SMILES string of the molecule is CC(=O)NC(C(=O)Nc1cc(Cl)c(C)c(Cl)c1)C(C)C. The summed E-state index contributed by atoms with van der Waals surface area (Å²) in [5.41, 5.74) is 1.26. The highest BCUT2D eigenvalue weighted by atomic mass is 35.5. The zero-order chi connectivity index (χ0) is 15.4. The number of benzene rings is 1. The lowest BCUT2D eigenvalue weighted by atomic mass is 10.0. The van der Waals surface area contributed by atoms with Crippen molar-refractivity contribution in [3.05, 3.63) is 27.7 Å². The van der Waals surface area contributed by atoms with Crippen LogP contribution in [0.4, 0.5) is 5.69 Å². The predicted octanol–water partition coefficient (Wildman–Crippen LogP) is 3.40. The zero-order valence-corrected chi connectivity index (χ0v) is 13.4. The molecule has 0 fully saturated rings. The van der Waals surface area contributed by atoms with E-state index in [2.05, 4.69) is 10.6 Å². The first-order valence-electron chi connectivity index (χ1n) is 6.26. The van der Waals surface area contributed by atoms with Gasteiger partial charge in [0.2, 0.25) is 11.8 Å². The quantitative estimate of drug-likeness (QED) is 0.894. The van der Waals surface area contributed by atoms with Crippen molar-refractivity contribution in [3.8, 4) is 0 Å². The Balaban J connectivity index is 2.91. The van der Waals surface area contributed by atoms with Crippen molar-refractivity contribution >= 4 is 40.7 Å². The number of rotatable bonds is 4. The van der Waals surface area contributed by atoms with Gasteiger partial charge in [-0.05, 0) is 30.5 Å². The van der Waals surface area contributed by atoms with Crippen LogP contribution in [0, 0.1) is 12.8 Å². The fourth-order valence-electron chi connectivity index (χ4n) is 1.69. The standard InChI is InChI=1S/C14H18Cl2N2O2/c1-7(2)13(17-9(4)19)14(20)18-10-5-11(15)8(3)12(16)6-10/h5-7,13H,1-4H3,(H,17,19)(H,18,20). The molecule has 6 heteroatoms. The van der Waals surface area contributed by atoms with Crippen molar-refractivity contribution in [1.82, 2.24) is 5.32 Å². The first-order chi connectivity index (χ1) is 9.22. The molecule has 1 aromatic carbocycles. The molecule has 1 unspecified atom stereocenters. The van der Waals surface area contributed by atoms with Gasteiger partial charge in [0.05, 0.1) is 0 Å². The number of carbonyl (C=O) groups is 2. The van der Waals surface area contributed by atoms with E-state index in [0.29, 0.717) is 15.7 Å². The molecule has 4 nitrogen and oxygen atoms in total. The minimum atomic E-state index is -0.605. The minimum absolute atomic E-state index is 0.0321. The van der Waals surface area contributed by atoms with Crippen LogP contribution in [0.2, 0.25) is 10.0 Å². The van der Waals surface area contributed by atoms with Crippen molar-refractivity contribution < 1.29 is 9.59 Å². The van der Waals surface area contributed by atoms with Gasteiger partial charge in [-0.3, -0.25) is 9.59 Å². The summed E-state index contributed by atoms with van der Waals surface area (Å²) in [6.07, 6.45) is 0. The molecular formula is C14H18Cl2N2O2. The average molecular weight is 317 g/mol. The summed E-state index contributed by atoms with van der Waals surface area (Å²) in [7, 11) is 0. The van der Waals surface area contributed by atoms with Crippen LogP contribution >= 0.6 is 23.2 Å². The monoisotopic (exact) mass is 316 g/mol. The Morgan fingerprint density at radius 3 is 2.05 bits per heavy atom. The Morgan fingerprint density at radius 2 is 1.65 bits per heavy atom. The summed E-state index contributed by atoms with van der Waals surface area (Å²) in [4.78, 5) is 23.3. The molecule has 0 aromatic heterocycles. The van der Waals surface area contributed by atoms with E-state index in [-0.39, 0.29) is 17.7 Å². The molecule has 1 aromatic rings. The molecule has 110 valence electrons. The van der Waals surface area contributed by atoms with Crippen LogP contribution in [0.3, 0.4) is 0 Å². The number of anilines is 1. The van der Waals surface area contributed by atoms with Crippen LogP contribution in [0.1, 0.15) is 26.3 Å². The maximum Gasteiger partial charge on any atom is 0.247 e. The van der Waals surface area contributed by atoms with Crippen LogP contribution in [-0.4, -0.2) is 17.9 Å². The maximum atomic E-state index is 12.2. The van der Waals surface area contributed by atoms with Gasteiger partial charge in [-0.15, -0.1) is 0 Å². The third-order valence-electron chi connectivity index (χ3n) is 2.86. The molecule has 0 heterocycles. The summed E-state index contributed by atoms with van der Waals surface area (Å²) in [5.74, 6) is -0.583. The molecule has 20 heavy (non-hydrogen) atoms.